The van der Waals surface area contributed by atoms with Crippen molar-refractivity contribution in [3.63, 3.8) is 0 Å². The second kappa shape index (κ2) is 8.50. The van der Waals surface area contributed by atoms with Gasteiger partial charge >= 0.3 is 0 Å². The van der Waals surface area contributed by atoms with Crippen LogP contribution in [0.15, 0.2) is 72.9 Å². The Labute approximate surface area is 157 Å². The largest absolute Gasteiger partial charge is 0.494 e. The summed E-state index contributed by atoms with van der Waals surface area (Å²) in [6.07, 6.45) is 1.52. The highest BCUT2D eigenvalue weighted by Crippen LogP contribution is 2.25. The van der Waals surface area contributed by atoms with Gasteiger partial charge in [0.05, 0.1) is 12.6 Å². The highest BCUT2D eigenvalue weighted by atomic mass is 35.5. The maximum absolute atomic E-state index is 12.7. The molecule has 0 aliphatic rings. The fourth-order valence-corrected chi connectivity index (χ4v) is 2.86. The van der Waals surface area contributed by atoms with E-state index in [2.05, 4.69) is 10.3 Å². The third-order valence-corrected chi connectivity index (χ3v) is 4.13. The number of ether oxygens (including phenoxy) is 1. The summed E-state index contributed by atoms with van der Waals surface area (Å²) >= 11 is 5.90. The Kier molecular flexibility index (Phi) is 5.87. The molecule has 4 nitrogen and oxygen atoms in total. The normalized spacial score (nSPS) is 11.6. The number of halogens is 1. The van der Waals surface area contributed by atoms with Crippen LogP contribution in [0.25, 0.3) is 0 Å². The molecule has 0 aliphatic carbocycles. The number of hydrogen-bond acceptors (Lipinski definition) is 3. The fraction of sp³-hybridized carbons (Fsp3) is 0.143. The molecular weight excluding hydrogens is 348 g/mol. The first-order valence-corrected chi connectivity index (χ1v) is 8.75. The predicted octanol–water partition coefficient (Wildman–Crippen LogP) is 4.65. The first-order valence-electron chi connectivity index (χ1n) is 8.37. The Bertz CT molecular complexity index is 867. The van der Waals surface area contributed by atoms with Crippen LogP contribution in [0, 0.1) is 0 Å². The van der Waals surface area contributed by atoms with Gasteiger partial charge in [0, 0.05) is 11.8 Å². The van der Waals surface area contributed by atoms with Crippen molar-refractivity contribution in [2.24, 2.45) is 0 Å². The van der Waals surface area contributed by atoms with Gasteiger partial charge in [-0.3, -0.25) is 4.79 Å². The Balaban J connectivity index is 1.90. The maximum atomic E-state index is 12.7. The summed E-state index contributed by atoms with van der Waals surface area (Å²) in [5.74, 6) is 0.590. The molecule has 1 amide bonds. The van der Waals surface area contributed by atoms with Crippen molar-refractivity contribution in [2.45, 2.75) is 13.0 Å². The summed E-state index contributed by atoms with van der Waals surface area (Å²) in [4.78, 5) is 16.6. The molecule has 2 aromatic carbocycles. The minimum atomic E-state index is -0.286. The van der Waals surface area contributed by atoms with E-state index < -0.39 is 0 Å². The summed E-state index contributed by atoms with van der Waals surface area (Å²) in [6.45, 7) is 2.56. The quantitative estimate of drug-likeness (QED) is 0.646. The molecule has 1 aromatic heterocycles. The molecule has 1 heterocycles. The van der Waals surface area contributed by atoms with Crippen LogP contribution in [0.3, 0.4) is 0 Å². The Morgan fingerprint density at radius 1 is 1.08 bits per heavy atom. The van der Waals surface area contributed by atoms with Crippen LogP contribution in [0.1, 0.15) is 34.5 Å². The van der Waals surface area contributed by atoms with Gasteiger partial charge in [0.2, 0.25) is 0 Å². The number of nitrogens with one attached hydrogen (secondary N) is 1. The third-order valence-electron chi connectivity index (χ3n) is 3.92. The van der Waals surface area contributed by atoms with Crippen LogP contribution in [0.2, 0.25) is 5.15 Å². The number of nitrogens with zero attached hydrogens (tertiary/aromatic N) is 1. The number of carbonyl (C=O) groups is 1. The number of hydrogen-bond donors (Lipinski definition) is 1. The minimum absolute atomic E-state index is 0.211. The lowest BCUT2D eigenvalue weighted by molar-refractivity contribution is 0.0943. The summed E-state index contributed by atoms with van der Waals surface area (Å²) in [5, 5.41) is 3.37. The molecule has 3 rings (SSSR count). The predicted molar refractivity (Wildman–Crippen MR) is 103 cm³/mol. The molecule has 132 valence electrons. The monoisotopic (exact) mass is 366 g/mol. The number of rotatable bonds is 6. The van der Waals surface area contributed by atoms with E-state index in [1.807, 2.05) is 61.5 Å². The van der Waals surface area contributed by atoms with Crippen molar-refractivity contribution in [1.29, 1.82) is 0 Å². The van der Waals surface area contributed by atoms with Gasteiger partial charge in [-0.25, -0.2) is 4.98 Å². The van der Waals surface area contributed by atoms with Crippen LogP contribution in [0.4, 0.5) is 0 Å². The highest BCUT2D eigenvalue weighted by molar-refractivity contribution is 6.29. The zero-order valence-corrected chi connectivity index (χ0v) is 15.1. The topological polar surface area (TPSA) is 51.2 Å². The minimum Gasteiger partial charge on any atom is -0.494 e. The van der Waals surface area contributed by atoms with Crippen LogP contribution >= 0.6 is 11.6 Å². The molecule has 0 fully saturated rings. The molecule has 0 saturated heterocycles. The molecule has 0 saturated carbocycles. The lowest BCUT2D eigenvalue weighted by atomic mass is 9.98. The Hall–Kier alpha value is -2.85. The van der Waals surface area contributed by atoms with Crippen molar-refractivity contribution in [3.05, 3.63) is 94.8 Å². The van der Waals surface area contributed by atoms with Gasteiger partial charge in [-0.2, -0.15) is 0 Å². The van der Waals surface area contributed by atoms with Gasteiger partial charge in [-0.15, -0.1) is 0 Å². The van der Waals surface area contributed by atoms with E-state index in [1.165, 1.54) is 6.20 Å². The van der Waals surface area contributed by atoms with Gasteiger partial charge in [0.1, 0.15) is 10.9 Å². The van der Waals surface area contributed by atoms with E-state index in [0.29, 0.717) is 12.2 Å². The lowest BCUT2D eigenvalue weighted by Crippen LogP contribution is -2.29. The second-order valence-corrected chi connectivity index (χ2v) is 6.07. The average Bonchev–Trinajstić information content (AvgIpc) is 2.68. The fourth-order valence-electron chi connectivity index (χ4n) is 2.69. The number of benzene rings is 2. The number of aromatic nitrogens is 1. The zero-order chi connectivity index (χ0) is 18.4. The van der Waals surface area contributed by atoms with Gasteiger partial charge in [-0.1, -0.05) is 54.1 Å². The molecule has 0 radical (unpaired) electrons. The van der Waals surface area contributed by atoms with E-state index in [1.54, 1.807) is 12.1 Å². The SMILES string of the molecule is CCOc1ccc(C(NC(=O)c2ccnc(Cl)c2)c2ccccc2)cc1. The standard InChI is InChI=1S/C21H19ClN2O2/c1-2-26-18-10-8-16(9-11-18)20(15-6-4-3-5-7-15)24-21(25)17-12-13-23-19(22)14-17/h3-14,20H,2H2,1H3,(H,24,25). The highest BCUT2D eigenvalue weighted by Gasteiger charge is 2.18. The van der Waals surface area contributed by atoms with Crippen molar-refractivity contribution in [3.8, 4) is 5.75 Å². The van der Waals surface area contributed by atoms with E-state index in [9.17, 15) is 4.79 Å². The van der Waals surface area contributed by atoms with E-state index >= 15 is 0 Å². The van der Waals surface area contributed by atoms with Crippen molar-refractivity contribution >= 4 is 17.5 Å². The molecule has 0 aliphatic heterocycles. The van der Waals surface area contributed by atoms with Crippen molar-refractivity contribution in [1.82, 2.24) is 10.3 Å². The number of pyridine rings is 1. The molecular formula is C21H19ClN2O2. The van der Waals surface area contributed by atoms with Crippen LogP contribution in [-0.4, -0.2) is 17.5 Å². The van der Waals surface area contributed by atoms with Gasteiger partial charge in [0.15, 0.2) is 0 Å². The molecule has 1 atom stereocenters. The van der Waals surface area contributed by atoms with Crippen LogP contribution < -0.4 is 10.1 Å². The Morgan fingerprint density at radius 3 is 2.42 bits per heavy atom. The molecule has 5 heteroatoms. The number of carbonyl (C=O) groups excluding carboxylic acids is 1. The van der Waals surface area contributed by atoms with Crippen molar-refractivity contribution < 1.29 is 9.53 Å². The first-order chi connectivity index (χ1) is 12.7. The van der Waals surface area contributed by atoms with E-state index in [-0.39, 0.29) is 17.1 Å². The third kappa shape index (κ3) is 4.41. The Morgan fingerprint density at radius 2 is 1.77 bits per heavy atom. The molecule has 3 aromatic rings. The summed E-state index contributed by atoms with van der Waals surface area (Å²) in [7, 11) is 0. The molecule has 0 bridgehead atoms. The molecule has 1 N–H and O–H groups in total. The first kappa shape index (κ1) is 18.0. The van der Waals surface area contributed by atoms with Gasteiger partial charge < -0.3 is 10.1 Å². The maximum Gasteiger partial charge on any atom is 0.252 e. The summed E-state index contributed by atoms with van der Waals surface area (Å²) < 4.78 is 5.50. The van der Waals surface area contributed by atoms with Crippen LogP contribution in [-0.2, 0) is 0 Å². The van der Waals surface area contributed by atoms with E-state index in [4.69, 9.17) is 16.3 Å². The van der Waals surface area contributed by atoms with Crippen LogP contribution in [0.5, 0.6) is 5.75 Å². The van der Waals surface area contributed by atoms with E-state index in [0.717, 1.165) is 16.9 Å². The molecule has 1 unspecified atom stereocenters. The zero-order valence-electron chi connectivity index (χ0n) is 14.4. The average molecular weight is 367 g/mol. The summed E-state index contributed by atoms with van der Waals surface area (Å²) in [5.41, 5.74) is 2.43. The smallest absolute Gasteiger partial charge is 0.252 e. The van der Waals surface area contributed by atoms with Gasteiger partial charge in [0.25, 0.3) is 5.91 Å². The molecule has 0 spiro atoms. The number of amides is 1. The molecule has 26 heavy (non-hydrogen) atoms. The second-order valence-electron chi connectivity index (χ2n) is 5.69. The van der Waals surface area contributed by atoms with Gasteiger partial charge in [-0.05, 0) is 42.3 Å². The van der Waals surface area contributed by atoms with Crippen molar-refractivity contribution in [2.75, 3.05) is 6.61 Å². The summed E-state index contributed by atoms with van der Waals surface area (Å²) in [6, 6.07) is 20.5. The lowest BCUT2D eigenvalue weighted by Gasteiger charge is -2.20.